The lowest BCUT2D eigenvalue weighted by molar-refractivity contribution is -0.143. The number of aliphatic carboxylic acids is 2. The van der Waals surface area contributed by atoms with E-state index in [9.17, 15) is 63.3 Å². The number of hydrogen-bond donors (Lipinski definition) is 12. The predicted molar refractivity (Wildman–Crippen MR) is 232 cm³/mol. The minimum absolute atomic E-state index is 0.0402. The van der Waals surface area contributed by atoms with E-state index in [4.69, 9.17) is 5.73 Å². The van der Waals surface area contributed by atoms with Gasteiger partial charge in [0.1, 0.15) is 42.0 Å². The Kier molecular flexibility index (Phi) is 24.7. The number of carbonyl (C=O) groups excluding carboxylic acids is 8. The predicted octanol–water partition coefficient (Wildman–Crippen LogP) is -1.47. The molecular formula is C42H67N9O13. The van der Waals surface area contributed by atoms with Crippen LogP contribution < -0.4 is 48.3 Å². The third-order valence-electron chi connectivity index (χ3n) is 9.68. The van der Waals surface area contributed by atoms with Crippen LogP contribution in [0.25, 0.3) is 0 Å². The summed E-state index contributed by atoms with van der Waals surface area (Å²) < 4.78 is 0. The molecule has 13 N–H and O–H groups in total. The summed E-state index contributed by atoms with van der Waals surface area (Å²) in [5, 5.41) is 48.9. The molecule has 0 radical (unpaired) electrons. The Morgan fingerprint density at radius 2 is 1.11 bits per heavy atom. The molecule has 22 nitrogen and oxygen atoms in total. The van der Waals surface area contributed by atoms with Crippen molar-refractivity contribution in [1.29, 1.82) is 0 Å². The maximum absolute atomic E-state index is 14.1. The van der Waals surface area contributed by atoms with E-state index in [1.54, 1.807) is 41.5 Å². The molecule has 64 heavy (non-hydrogen) atoms. The zero-order valence-electron chi connectivity index (χ0n) is 37.6. The Hall–Kier alpha value is -6.32. The number of rotatable bonds is 29. The molecule has 1 rings (SSSR count). The molecule has 1 aromatic rings. The second-order valence-corrected chi connectivity index (χ2v) is 16.5. The van der Waals surface area contributed by atoms with Crippen LogP contribution in [0.15, 0.2) is 24.3 Å². The Labute approximate surface area is 372 Å². The molecule has 0 aliphatic heterocycles. The fraction of sp³-hybridized carbons (Fsp3) is 0.619. The van der Waals surface area contributed by atoms with E-state index in [-0.39, 0.29) is 56.3 Å². The Morgan fingerprint density at radius 3 is 1.61 bits per heavy atom. The molecule has 0 fully saturated rings. The maximum Gasteiger partial charge on any atom is 0.326 e. The molecule has 1 aromatic carbocycles. The van der Waals surface area contributed by atoms with Crippen molar-refractivity contribution >= 4 is 59.2 Å². The van der Waals surface area contributed by atoms with E-state index in [2.05, 4.69) is 42.5 Å². The average Bonchev–Trinajstić information content (AvgIpc) is 3.20. The zero-order valence-corrected chi connectivity index (χ0v) is 37.6. The standard InChI is InChI=1S/C42H67N9O13/c1-22(2)18-30(49-41(62)35(23(3)4)50-32(54)20-43)40(61)46-28(10-8-9-17-44-25(7)52)38(59)47-29(15-16-34(56)57)39(60)48-31(19-26-11-13-27(53)14-12-26)37(58)45-21-33(55)51-36(24(5)6)42(63)64/h11-14,22-24,28-31,35-36,53H,8-10,15-21,43H2,1-7H3,(H,44,52)(H,45,58)(H,46,61)(H,47,59)(H,48,60)(H,49,62)(H,50,54)(H,51,55)(H,56,57)(H,63,64)/t28-,29-,30-,31-,35-,36-/m0/s1. The van der Waals surface area contributed by atoms with Crippen LogP contribution in [0.4, 0.5) is 0 Å². The van der Waals surface area contributed by atoms with E-state index in [0.717, 1.165) is 0 Å². The van der Waals surface area contributed by atoms with Crippen LogP contribution in [-0.2, 0) is 54.4 Å². The van der Waals surface area contributed by atoms with Gasteiger partial charge in [0.25, 0.3) is 0 Å². The van der Waals surface area contributed by atoms with E-state index < -0.39 is 121 Å². The molecule has 22 heteroatoms. The van der Waals surface area contributed by atoms with Crippen LogP contribution >= 0.6 is 0 Å². The molecule has 0 heterocycles. The minimum atomic E-state index is -1.60. The van der Waals surface area contributed by atoms with Gasteiger partial charge in [0.2, 0.25) is 47.3 Å². The summed E-state index contributed by atoms with van der Waals surface area (Å²) in [4.78, 5) is 128. The van der Waals surface area contributed by atoms with Gasteiger partial charge in [-0.25, -0.2) is 4.79 Å². The molecule has 0 bridgehead atoms. The fourth-order valence-electron chi connectivity index (χ4n) is 6.20. The summed E-state index contributed by atoms with van der Waals surface area (Å²) >= 11 is 0. The maximum atomic E-state index is 14.1. The number of nitrogens with two attached hydrogens (primary N) is 1. The van der Waals surface area contributed by atoms with Gasteiger partial charge in [-0.2, -0.15) is 0 Å². The van der Waals surface area contributed by atoms with Crippen molar-refractivity contribution in [3.8, 4) is 5.75 Å². The molecule has 0 unspecified atom stereocenters. The highest BCUT2D eigenvalue weighted by Gasteiger charge is 2.34. The van der Waals surface area contributed by atoms with Crippen molar-refractivity contribution in [3.05, 3.63) is 29.8 Å². The van der Waals surface area contributed by atoms with Gasteiger partial charge < -0.3 is 63.6 Å². The van der Waals surface area contributed by atoms with E-state index >= 15 is 0 Å². The summed E-state index contributed by atoms with van der Waals surface area (Å²) in [6.45, 7) is 10.6. The lowest BCUT2D eigenvalue weighted by Crippen LogP contribution is -2.60. The first-order valence-electron chi connectivity index (χ1n) is 21.2. The molecule has 0 saturated carbocycles. The van der Waals surface area contributed by atoms with Gasteiger partial charge in [-0.3, -0.25) is 43.2 Å². The molecule has 8 amide bonds. The smallest absolute Gasteiger partial charge is 0.326 e. The quantitative estimate of drug-likeness (QED) is 0.0409. The van der Waals surface area contributed by atoms with Crippen molar-refractivity contribution in [2.24, 2.45) is 23.5 Å². The first-order valence-corrected chi connectivity index (χ1v) is 21.2. The Balaban J connectivity index is 3.50. The highest BCUT2D eigenvalue weighted by molar-refractivity contribution is 5.97. The average molecular weight is 906 g/mol. The summed E-state index contributed by atoms with van der Waals surface area (Å²) in [5.74, 6) is -9.75. The van der Waals surface area contributed by atoms with Gasteiger partial charge in [-0.05, 0) is 67.6 Å². The topological polar surface area (TPSA) is 354 Å². The number of amides is 8. The summed E-state index contributed by atoms with van der Waals surface area (Å²) in [6.07, 6.45) is -0.618. The molecule has 0 spiro atoms. The van der Waals surface area contributed by atoms with Crippen molar-refractivity contribution < 1.29 is 63.3 Å². The van der Waals surface area contributed by atoms with Crippen LogP contribution in [0.3, 0.4) is 0 Å². The minimum Gasteiger partial charge on any atom is -0.508 e. The molecule has 358 valence electrons. The van der Waals surface area contributed by atoms with Crippen LogP contribution in [0.1, 0.15) is 92.6 Å². The number of phenols is 1. The second-order valence-electron chi connectivity index (χ2n) is 16.5. The molecule has 0 aliphatic carbocycles. The van der Waals surface area contributed by atoms with Crippen molar-refractivity contribution in [1.82, 2.24) is 42.5 Å². The summed E-state index contributed by atoms with van der Waals surface area (Å²) in [6, 6.07) is -2.35. The number of carboxylic acids is 2. The second kappa shape index (κ2) is 28.4. The molecular weight excluding hydrogens is 839 g/mol. The number of unbranched alkanes of at least 4 members (excludes halogenated alkanes) is 1. The number of nitrogens with one attached hydrogen (secondary N) is 8. The SMILES string of the molecule is CC(=O)NCCCC[C@H](NC(=O)[C@H](CC(C)C)NC(=O)[C@@H](NC(=O)CN)C(C)C)C(=O)N[C@@H](CCC(=O)O)C(=O)N[C@@H](Cc1ccc(O)cc1)C(=O)NCC(=O)N[C@H](C(=O)O)C(C)C. The Morgan fingerprint density at radius 1 is 0.594 bits per heavy atom. The first kappa shape index (κ1) is 55.7. The molecule has 0 saturated heterocycles. The van der Waals surface area contributed by atoms with Gasteiger partial charge in [-0.1, -0.05) is 53.7 Å². The zero-order chi connectivity index (χ0) is 48.7. The highest BCUT2D eigenvalue weighted by atomic mass is 16.4. The number of benzene rings is 1. The van der Waals surface area contributed by atoms with Crippen LogP contribution in [0.2, 0.25) is 0 Å². The third-order valence-corrected chi connectivity index (χ3v) is 9.68. The van der Waals surface area contributed by atoms with Gasteiger partial charge in [0.05, 0.1) is 13.1 Å². The van der Waals surface area contributed by atoms with Crippen molar-refractivity contribution in [3.63, 3.8) is 0 Å². The third kappa shape index (κ3) is 21.7. The van der Waals surface area contributed by atoms with E-state index in [0.29, 0.717) is 12.0 Å². The number of aromatic hydroxyl groups is 1. The highest BCUT2D eigenvalue weighted by Crippen LogP contribution is 2.14. The first-order chi connectivity index (χ1) is 29.9. The summed E-state index contributed by atoms with van der Waals surface area (Å²) in [5.41, 5.74) is 5.86. The van der Waals surface area contributed by atoms with Crippen LogP contribution in [0.5, 0.6) is 5.75 Å². The van der Waals surface area contributed by atoms with E-state index in [1.807, 2.05) is 0 Å². The van der Waals surface area contributed by atoms with Gasteiger partial charge in [0.15, 0.2) is 0 Å². The number of carbonyl (C=O) groups is 10. The van der Waals surface area contributed by atoms with Gasteiger partial charge in [0, 0.05) is 26.3 Å². The van der Waals surface area contributed by atoms with Gasteiger partial charge >= 0.3 is 11.9 Å². The van der Waals surface area contributed by atoms with Crippen LogP contribution in [-0.4, -0.2) is 130 Å². The fourth-order valence-corrected chi connectivity index (χ4v) is 6.20. The number of phenolic OH excluding ortho intramolecular Hbond substituents is 1. The molecule has 0 aromatic heterocycles. The van der Waals surface area contributed by atoms with Gasteiger partial charge in [-0.15, -0.1) is 0 Å². The lowest BCUT2D eigenvalue weighted by atomic mass is 9.99. The van der Waals surface area contributed by atoms with Crippen LogP contribution in [0, 0.1) is 17.8 Å². The van der Waals surface area contributed by atoms with E-state index in [1.165, 1.54) is 31.2 Å². The van der Waals surface area contributed by atoms with Crippen molar-refractivity contribution in [2.75, 3.05) is 19.6 Å². The monoisotopic (exact) mass is 905 g/mol. The Bertz CT molecular complexity index is 1770. The lowest BCUT2D eigenvalue weighted by Gasteiger charge is -2.28. The molecule has 0 aliphatic rings. The largest absolute Gasteiger partial charge is 0.508 e. The summed E-state index contributed by atoms with van der Waals surface area (Å²) in [7, 11) is 0. The number of carboxylic acid groups (broad SMARTS) is 2. The number of hydrogen-bond acceptors (Lipinski definition) is 12. The van der Waals surface area contributed by atoms with Crippen molar-refractivity contribution in [2.45, 2.75) is 130 Å². The normalized spacial score (nSPS) is 13.9. The molecule has 6 atom stereocenters.